The zero-order valence-corrected chi connectivity index (χ0v) is 24.2. The second kappa shape index (κ2) is 10.8. The van der Waals surface area contributed by atoms with Gasteiger partial charge in [-0.05, 0) is 84.6 Å². The van der Waals surface area contributed by atoms with E-state index in [1.54, 1.807) is 18.4 Å². The summed E-state index contributed by atoms with van der Waals surface area (Å²) in [7, 11) is 0. The molecular formula is C34H30N2O4S. The lowest BCUT2D eigenvalue weighted by atomic mass is 9.95. The van der Waals surface area contributed by atoms with E-state index in [9.17, 15) is 9.59 Å². The van der Waals surface area contributed by atoms with Crippen molar-refractivity contribution >= 4 is 44.9 Å². The number of esters is 1. The molecule has 6 rings (SSSR count). The minimum atomic E-state index is -0.676. The number of ether oxygens (including phenoxy) is 2. The lowest BCUT2D eigenvalue weighted by molar-refractivity contribution is -0.139. The summed E-state index contributed by atoms with van der Waals surface area (Å²) < 4.78 is 13.4. The number of nitrogens with zero attached hydrogens (tertiary/aromatic N) is 2. The first kappa shape index (κ1) is 26.7. The summed E-state index contributed by atoms with van der Waals surface area (Å²) in [5, 5.41) is 4.34. The molecule has 0 spiro atoms. The third-order valence-electron chi connectivity index (χ3n) is 7.17. The molecule has 0 fully saturated rings. The fourth-order valence-electron chi connectivity index (χ4n) is 5.44. The third-order valence-corrected chi connectivity index (χ3v) is 8.16. The quantitative estimate of drug-likeness (QED) is 0.191. The topological polar surface area (TPSA) is 69.9 Å². The van der Waals surface area contributed by atoms with E-state index in [2.05, 4.69) is 30.3 Å². The Bertz CT molecular complexity index is 1960. The summed E-state index contributed by atoms with van der Waals surface area (Å²) in [6, 6.07) is 25.4. The highest BCUT2D eigenvalue weighted by atomic mass is 32.1. The van der Waals surface area contributed by atoms with Crippen LogP contribution >= 0.6 is 11.3 Å². The van der Waals surface area contributed by atoms with Crippen molar-refractivity contribution in [2.45, 2.75) is 39.8 Å². The lowest BCUT2D eigenvalue weighted by Crippen LogP contribution is -2.39. The Morgan fingerprint density at radius 3 is 2.24 bits per heavy atom. The fraction of sp³-hybridized carbons (Fsp3) is 0.206. The molecule has 0 radical (unpaired) electrons. The maximum Gasteiger partial charge on any atom is 0.338 e. The van der Waals surface area contributed by atoms with Gasteiger partial charge >= 0.3 is 5.97 Å². The zero-order chi connectivity index (χ0) is 28.7. The van der Waals surface area contributed by atoms with E-state index in [-0.39, 0.29) is 18.3 Å². The van der Waals surface area contributed by atoms with Crippen LogP contribution in [0.1, 0.15) is 44.9 Å². The van der Waals surface area contributed by atoms with Crippen LogP contribution in [-0.2, 0) is 9.53 Å². The van der Waals surface area contributed by atoms with Crippen LogP contribution < -0.4 is 19.6 Å². The van der Waals surface area contributed by atoms with Crippen molar-refractivity contribution in [1.82, 2.24) is 4.57 Å². The van der Waals surface area contributed by atoms with E-state index < -0.39 is 12.0 Å². The number of carbonyl (C=O) groups excluding carboxylic acids is 1. The van der Waals surface area contributed by atoms with Crippen molar-refractivity contribution in [2.75, 3.05) is 6.61 Å². The largest absolute Gasteiger partial charge is 0.491 e. The van der Waals surface area contributed by atoms with Gasteiger partial charge in [-0.2, -0.15) is 0 Å². The molecule has 4 aromatic carbocycles. The number of hydrogen-bond acceptors (Lipinski definition) is 6. The van der Waals surface area contributed by atoms with Crippen molar-refractivity contribution in [3.63, 3.8) is 0 Å². The first-order valence-corrected chi connectivity index (χ1v) is 14.5. The molecule has 7 heteroatoms. The van der Waals surface area contributed by atoms with Crippen LogP contribution in [0.3, 0.4) is 0 Å². The summed E-state index contributed by atoms with van der Waals surface area (Å²) >= 11 is 1.33. The average Bonchev–Trinajstić information content (AvgIpc) is 3.26. The molecule has 1 aliphatic rings. The standard InChI is InChI=1S/C34H30N2O4S/c1-5-39-33(38)30-21(4)35-34-36(31(30)22-14-16-25(17-15-22)40-20(2)3)32(37)29(41-34)19-28-26-12-8-6-10-23(26)18-24-11-7-9-13-27(24)28/h6-20,31H,5H2,1-4H3/b29-19-/t31-/m1/s1. The van der Waals surface area contributed by atoms with Crippen molar-refractivity contribution in [1.29, 1.82) is 0 Å². The van der Waals surface area contributed by atoms with E-state index in [4.69, 9.17) is 14.5 Å². The first-order valence-electron chi connectivity index (χ1n) is 13.7. The van der Waals surface area contributed by atoms with E-state index in [0.717, 1.165) is 38.4 Å². The molecule has 41 heavy (non-hydrogen) atoms. The highest BCUT2D eigenvalue weighted by Crippen LogP contribution is 2.32. The number of allylic oxidation sites excluding steroid dienone is 1. The molecular weight excluding hydrogens is 532 g/mol. The van der Waals surface area contributed by atoms with E-state index in [0.29, 0.717) is 20.6 Å². The monoisotopic (exact) mass is 562 g/mol. The second-order valence-corrected chi connectivity index (χ2v) is 11.3. The molecule has 5 aromatic rings. The molecule has 1 aromatic heterocycles. The van der Waals surface area contributed by atoms with Crippen LogP contribution in [0.4, 0.5) is 0 Å². The zero-order valence-electron chi connectivity index (χ0n) is 23.4. The van der Waals surface area contributed by atoms with E-state index >= 15 is 0 Å². The number of benzene rings is 4. The average molecular weight is 563 g/mol. The van der Waals surface area contributed by atoms with Crippen molar-refractivity contribution in [2.24, 2.45) is 4.99 Å². The van der Waals surface area contributed by atoms with E-state index in [1.165, 1.54) is 11.3 Å². The first-order chi connectivity index (χ1) is 19.9. The Kier molecular flexibility index (Phi) is 7.05. The molecule has 206 valence electrons. The smallest absolute Gasteiger partial charge is 0.338 e. The molecule has 0 saturated heterocycles. The molecule has 0 aliphatic carbocycles. The Morgan fingerprint density at radius 1 is 1.00 bits per heavy atom. The number of aromatic nitrogens is 1. The van der Waals surface area contributed by atoms with Crippen molar-refractivity contribution < 1.29 is 14.3 Å². The maximum atomic E-state index is 14.2. The predicted molar refractivity (Wildman–Crippen MR) is 164 cm³/mol. The Hall–Kier alpha value is -4.49. The van der Waals surface area contributed by atoms with E-state index in [1.807, 2.05) is 68.5 Å². The van der Waals surface area contributed by atoms with Crippen LogP contribution in [0.15, 0.2) is 99.9 Å². The van der Waals surface area contributed by atoms with Crippen molar-refractivity contribution in [3.8, 4) is 5.75 Å². The highest BCUT2D eigenvalue weighted by Gasteiger charge is 2.33. The molecule has 1 atom stereocenters. The van der Waals surface area contributed by atoms with Gasteiger partial charge in [0.2, 0.25) is 0 Å². The van der Waals surface area contributed by atoms with Gasteiger partial charge in [0.1, 0.15) is 5.75 Å². The Labute approximate surface area is 241 Å². The third kappa shape index (κ3) is 4.87. The molecule has 1 aliphatic heterocycles. The van der Waals surface area contributed by atoms with Crippen molar-refractivity contribution in [3.05, 3.63) is 121 Å². The summed E-state index contributed by atoms with van der Waals surface area (Å²) in [5.74, 6) is 0.243. The minimum Gasteiger partial charge on any atom is -0.491 e. The molecule has 0 N–H and O–H groups in total. The predicted octanol–water partition coefficient (Wildman–Crippen LogP) is 5.89. The minimum absolute atomic E-state index is 0.0286. The summed E-state index contributed by atoms with van der Waals surface area (Å²) in [6.45, 7) is 7.73. The van der Waals surface area contributed by atoms with Crippen LogP contribution in [0, 0.1) is 0 Å². The summed E-state index contributed by atoms with van der Waals surface area (Å²) in [5.41, 5.74) is 2.46. The van der Waals surface area contributed by atoms with Gasteiger partial charge in [0, 0.05) is 0 Å². The van der Waals surface area contributed by atoms with Gasteiger partial charge in [0.15, 0.2) is 4.80 Å². The second-order valence-electron chi connectivity index (χ2n) is 10.3. The van der Waals surface area contributed by atoms with Gasteiger partial charge in [-0.15, -0.1) is 0 Å². The summed E-state index contributed by atoms with van der Waals surface area (Å²) in [4.78, 5) is 32.7. The van der Waals surface area contributed by atoms with Crippen LogP contribution in [0.2, 0.25) is 0 Å². The van der Waals surface area contributed by atoms with Gasteiger partial charge in [-0.1, -0.05) is 72.0 Å². The van der Waals surface area contributed by atoms with Gasteiger partial charge < -0.3 is 9.47 Å². The number of rotatable bonds is 6. The van der Waals surface area contributed by atoms with Crippen LogP contribution in [0.25, 0.3) is 27.6 Å². The fourth-order valence-corrected chi connectivity index (χ4v) is 6.47. The number of hydrogen-bond donors (Lipinski definition) is 0. The highest BCUT2D eigenvalue weighted by molar-refractivity contribution is 7.07. The summed E-state index contributed by atoms with van der Waals surface area (Å²) in [6.07, 6.45) is 2.00. The maximum absolute atomic E-state index is 14.2. The van der Waals surface area contributed by atoms with Gasteiger partial charge in [-0.25, -0.2) is 9.79 Å². The Balaban J connectivity index is 1.59. The number of fused-ring (bicyclic) bond motifs is 3. The Morgan fingerprint density at radius 2 is 1.63 bits per heavy atom. The molecule has 0 saturated carbocycles. The molecule has 0 amide bonds. The van der Waals surface area contributed by atoms with Crippen LogP contribution in [-0.4, -0.2) is 23.2 Å². The van der Waals surface area contributed by atoms with Crippen LogP contribution in [0.5, 0.6) is 5.75 Å². The van der Waals surface area contributed by atoms with Gasteiger partial charge in [0.05, 0.1) is 34.6 Å². The molecule has 0 unspecified atom stereocenters. The van der Waals surface area contributed by atoms with Gasteiger partial charge in [0.25, 0.3) is 5.56 Å². The normalized spacial score (nSPS) is 15.3. The molecule has 2 heterocycles. The SMILES string of the molecule is CCOC(=O)C1=C(C)N=c2s/c(=C\c3c4ccccc4cc4ccccc34)c(=O)n2[C@@H]1c1ccc(OC(C)C)cc1. The number of thiazole rings is 1. The number of carbonyl (C=O) groups is 1. The lowest BCUT2D eigenvalue weighted by Gasteiger charge is -2.25. The van der Waals surface area contributed by atoms with Gasteiger partial charge in [-0.3, -0.25) is 9.36 Å². The molecule has 0 bridgehead atoms. The molecule has 6 nitrogen and oxygen atoms in total.